The van der Waals surface area contributed by atoms with E-state index in [2.05, 4.69) is 0 Å². The largest absolute Gasteiger partial charge is 0.459 e. The van der Waals surface area contributed by atoms with Gasteiger partial charge in [-0.05, 0) is 40.0 Å². The lowest BCUT2D eigenvalue weighted by molar-refractivity contribution is -0.165. The molecular formula is C14H27N3O3. The number of rotatable bonds is 2. The van der Waals surface area contributed by atoms with Gasteiger partial charge < -0.3 is 21.1 Å². The molecule has 0 aliphatic heterocycles. The average Bonchev–Trinajstić information content (AvgIpc) is 2.29. The van der Waals surface area contributed by atoms with Gasteiger partial charge in [0.15, 0.2) is 0 Å². The third kappa shape index (κ3) is 3.70. The lowest BCUT2D eigenvalue weighted by atomic mass is 9.73. The van der Waals surface area contributed by atoms with Gasteiger partial charge in [0.25, 0.3) is 0 Å². The fourth-order valence-corrected chi connectivity index (χ4v) is 2.45. The quantitative estimate of drug-likeness (QED) is 0.708. The zero-order chi connectivity index (χ0) is 15.7. The summed E-state index contributed by atoms with van der Waals surface area (Å²) in [6.07, 6.45) is 1.33. The van der Waals surface area contributed by atoms with Gasteiger partial charge in [0, 0.05) is 26.1 Å². The van der Waals surface area contributed by atoms with E-state index < -0.39 is 23.2 Å². The van der Waals surface area contributed by atoms with Crippen molar-refractivity contribution < 1.29 is 14.3 Å². The lowest BCUT2D eigenvalue weighted by Gasteiger charge is -2.41. The highest BCUT2D eigenvalue weighted by atomic mass is 16.6. The van der Waals surface area contributed by atoms with Crippen LogP contribution < -0.4 is 11.5 Å². The summed E-state index contributed by atoms with van der Waals surface area (Å²) in [7, 11) is 3.43. The predicted molar refractivity (Wildman–Crippen MR) is 76.8 cm³/mol. The van der Waals surface area contributed by atoms with E-state index in [1.54, 1.807) is 39.8 Å². The van der Waals surface area contributed by atoms with Gasteiger partial charge in [0.1, 0.15) is 11.1 Å². The third-order valence-corrected chi connectivity index (χ3v) is 3.68. The predicted octanol–water partition coefficient (Wildman–Crippen LogP) is 0.241. The van der Waals surface area contributed by atoms with Crippen LogP contribution >= 0.6 is 0 Å². The second kappa shape index (κ2) is 5.69. The molecule has 20 heavy (non-hydrogen) atoms. The Labute approximate surface area is 120 Å². The lowest BCUT2D eigenvalue weighted by Crippen LogP contribution is -2.65. The summed E-state index contributed by atoms with van der Waals surface area (Å²) in [6.45, 7) is 5.38. The van der Waals surface area contributed by atoms with E-state index in [1.807, 2.05) is 0 Å². The van der Waals surface area contributed by atoms with E-state index in [0.717, 1.165) is 0 Å². The van der Waals surface area contributed by atoms with Gasteiger partial charge in [-0.15, -0.1) is 0 Å². The van der Waals surface area contributed by atoms with Gasteiger partial charge >= 0.3 is 5.97 Å². The van der Waals surface area contributed by atoms with Crippen LogP contribution in [-0.4, -0.2) is 48.1 Å². The minimum absolute atomic E-state index is 0.0340. The Morgan fingerprint density at radius 1 is 1.30 bits per heavy atom. The Bertz CT molecular complexity index is 390. The molecule has 0 heterocycles. The summed E-state index contributed by atoms with van der Waals surface area (Å²) in [5.41, 5.74) is 10.4. The van der Waals surface area contributed by atoms with Crippen molar-refractivity contribution >= 4 is 11.9 Å². The maximum absolute atomic E-state index is 12.2. The highest BCUT2D eigenvalue weighted by Crippen LogP contribution is 2.32. The fourth-order valence-electron chi connectivity index (χ4n) is 2.45. The van der Waals surface area contributed by atoms with E-state index >= 15 is 0 Å². The maximum Gasteiger partial charge on any atom is 0.328 e. The molecule has 1 saturated carbocycles. The Hall–Kier alpha value is -1.14. The van der Waals surface area contributed by atoms with Gasteiger partial charge in [-0.25, -0.2) is 4.79 Å². The molecule has 0 bridgehead atoms. The van der Waals surface area contributed by atoms with Crippen LogP contribution in [0.1, 0.15) is 40.0 Å². The SMILES string of the molecule is CN(C)C(=O)C1CCC(N)(C(=O)OC(C)(C)C)C(N)C1. The van der Waals surface area contributed by atoms with Crippen LogP contribution in [0.5, 0.6) is 0 Å². The topological polar surface area (TPSA) is 98.6 Å². The van der Waals surface area contributed by atoms with Crippen molar-refractivity contribution in [2.24, 2.45) is 17.4 Å². The summed E-state index contributed by atoms with van der Waals surface area (Å²) in [4.78, 5) is 25.8. The van der Waals surface area contributed by atoms with Crippen molar-refractivity contribution in [3.05, 3.63) is 0 Å². The normalized spacial score (nSPS) is 30.8. The number of ether oxygens (including phenoxy) is 1. The van der Waals surface area contributed by atoms with Gasteiger partial charge in [0.2, 0.25) is 5.91 Å². The van der Waals surface area contributed by atoms with Crippen molar-refractivity contribution in [3.8, 4) is 0 Å². The number of nitrogens with zero attached hydrogens (tertiary/aromatic N) is 1. The van der Waals surface area contributed by atoms with E-state index in [9.17, 15) is 9.59 Å². The summed E-state index contributed by atoms with van der Waals surface area (Å²) >= 11 is 0. The first kappa shape index (κ1) is 16.9. The summed E-state index contributed by atoms with van der Waals surface area (Å²) in [6, 6.07) is -0.569. The average molecular weight is 285 g/mol. The highest BCUT2D eigenvalue weighted by Gasteiger charge is 2.48. The number of hydrogen-bond acceptors (Lipinski definition) is 5. The van der Waals surface area contributed by atoms with Crippen LogP contribution in [0, 0.1) is 5.92 Å². The number of hydrogen-bond donors (Lipinski definition) is 2. The van der Waals surface area contributed by atoms with Crippen molar-refractivity contribution in [2.45, 2.75) is 57.2 Å². The first-order valence-corrected chi connectivity index (χ1v) is 6.96. The molecule has 4 N–H and O–H groups in total. The van der Waals surface area contributed by atoms with Crippen molar-refractivity contribution in [1.82, 2.24) is 4.90 Å². The molecule has 0 spiro atoms. The molecule has 0 aromatic rings. The number of carbonyl (C=O) groups is 2. The third-order valence-electron chi connectivity index (χ3n) is 3.68. The molecule has 6 heteroatoms. The molecule has 1 amide bonds. The Morgan fingerprint density at radius 2 is 1.85 bits per heavy atom. The molecule has 3 unspecified atom stereocenters. The Kier molecular flexibility index (Phi) is 4.82. The van der Waals surface area contributed by atoms with Crippen LogP contribution in [0.4, 0.5) is 0 Å². The molecule has 6 nitrogen and oxygen atoms in total. The minimum atomic E-state index is -1.20. The van der Waals surface area contributed by atoms with Crippen LogP contribution in [0.3, 0.4) is 0 Å². The monoisotopic (exact) mass is 285 g/mol. The van der Waals surface area contributed by atoms with Crippen LogP contribution in [-0.2, 0) is 14.3 Å². The van der Waals surface area contributed by atoms with Gasteiger partial charge in [-0.2, -0.15) is 0 Å². The van der Waals surface area contributed by atoms with E-state index in [0.29, 0.717) is 19.3 Å². The van der Waals surface area contributed by atoms with Crippen LogP contribution in [0.2, 0.25) is 0 Å². The van der Waals surface area contributed by atoms with Gasteiger partial charge in [0.05, 0.1) is 0 Å². The van der Waals surface area contributed by atoms with Crippen LogP contribution in [0.15, 0.2) is 0 Å². The van der Waals surface area contributed by atoms with Crippen molar-refractivity contribution in [3.63, 3.8) is 0 Å². The summed E-state index contributed by atoms with van der Waals surface area (Å²) < 4.78 is 5.35. The van der Waals surface area contributed by atoms with E-state index in [1.165, 1.54) is 0 Å². The zero-order valence-electron chi connectivity index (χ0n) is 13.1. The smallest absolute Gasteiger partial charge is 0.328 e. The fraction of sp³-hybridized carbons (Fsp3) is 0.857. The molecule has 3 atom stereocenters. The number of nitrogens with two attached hydrogens (primary N) is 2. The number of amides is 1. The molecule has 116 valence electrons. The molecule has 0 aromatic heterocycles. The van der Waals surface area contributed by atoms with Crippen LogP contribution in [0.25, 0.3) is 0 Å². The number of esters is 1. The second-order valence-electron chi connectivity index (χ2n) is 6.85. The molecular weight excluding hydrogens is 258 g/mol. The summed E-state index contributed by atoms with van der Waals surface area (Å²) in [5, 5.41) is 0. The molecule has 1 aliphatic carbocycles. The Balaban J connectivity index is 2.76. The van der Waals surface area contributed by atoms with Crippen molar-refractivity contribution in [1.29, 1.82) is 0 Å². The summed E-state index contributed by atoms with van der Waals surface area (Å²) in [5.74, 6) is -0.612. The Morgan fingerprint density at radius 3 is 2.25 bits per heavy atom. The first-order valence-electron chi connectivity index (χ1n) is 6.96. The first-order chi connectivity index (χ1) is 8.97. The standard InChI is InChI=1S/C14H27N3O3/c1-13(2,3)20-12(19)14(16)7-6-9(8-10(14)15)11(18)17(4)5/h9-10H,6-8,15-16H2,1-5H3. The molecule has 1 fully saturated rings. The molecule has 0 radical (unpaired) electrons. The van der Waals surface area contributed by atoms with Gasteiger partial charge in [-0.1, -0.05) is 0 Å². The molecule has 0 saturated heterocycles. The molecule has 1 rings (SSSR count). The van der Waals surface area contributed by atoms with Gasteiger partial charge in [-0.3, -0.25) is 4.79 Å². The molecule has 1 aliphatic rings. The van der Waals surface area contributed by atoms with E-state index in [4.69, 9.17) is 16.2 Å². The molecule has 0 aromatic carbocycles. The zero-order valence-corrected chi connectivity index (χ0v) is 13.1. The second-order valence-corrected chi connectivity index (χ2v) is 6.85. The van der Waals surface area contributed by atoms with Crippen molar-refractivity contribution in [2.75, 3.05) is 14.1 Å². The minimum Gasteiger partial charge on any atom is -0.459 e. The number of carbonyl (C=O) groups excluding carboxylic acids is 2. The highest BCUT2D eigenvalue weighted by molar-refractivity contribution is 5.84. The maximum atomic E-state index is 12.2. The van der Waals surface area contributed by atoms with E-state index in [-0.39, 0.29) is 11.8 Å².